The summed E-state index contributed by atoms with van der Waals surface area (Å²) in [5.74, 6) is -0.419. The van der Waals surface area contributed by atoms with Gasteiger partial charge in [-0.2, -0.15) is 0 Å². The Hall–Kier alpha value is -1.96. The molecule has 7 nitrogen and oxygen atoms in total. The van der Waals surface area contributed by atoms with Gasteiger partial charge in [-0.25, -0.2) is 4.98 Å². The third-order valence-electron chi connectivity index (χ3n) is 3.53. The zero-order valence-electron chi connectivity index (χ0n) is 14.2. The summed E-state index contributed by atoms with van der Waals surface area (Å²) in [5.41, 5.74) is 0.550. The molecular weight excluding hydrogens is 330 g/mol. The highest BCUT2D eigenvalue weighted by atomic mass is 32.1. The largest absolute Gasteiger partial charge is 0.452 e. The van der Waals surface area contributed by atoms with E-state index in [1.807, 2.05) is 13.8 Å². The molecule has 0 aromatic carbocycles. The number of esters is 1. The Labute approximate surface area is 145 Å². The van der Waals surface area contributed by atoms with Gasteiger partial charge in [-0.05, 0) is 19.3 Å². The quantitative estimate of drug-likeness (QED) is 0.751. The van der Waals surface area contributed by atoms with Crippen molar-refractivity contribution in [2.45, 2.75) is 46.1 Å². The van der Waals surface area contributed by atoms with Gasteiger partial charge in [0.05, 0.1) is 12.1 Å². The molecule has 0 spiro atoms. The van der Waals surface area contributed by atoms with Crippen LogP contribution in [-0.2, 0) is 25.5 Å². The van der Waals surface area contributed by atoms with Crippen LogP contribution < -0.4 is 10.2 Å². The number of nitrogens with zero attached hydrogens (tertiary/aromatic N) is 2. The Bertz CT molecular complexity index is 614. The topological polar surface area (TPSA) is 88.6 Å². The molecule has 1 atom stereocenters. The van der Waals surface area contributed by atoms with Crippen LogP contribution in [0.2, 0.25) is 0 Å². The molecule has 0 radical (unpaired) electrons. The average molecular weight is 353 g/mol. The summed E-state index contributed by atoms with van der Waals surface area (Å²) in [5, 5.41) is 5.08. The average Bonchev–Trinajstić information content (AvgIpc) is 3.13. The minimum absolute atomic E-state index is 0.0136. The monoisotopic (exact) mass is 353 g/mol. The lowest BCUT2D eigenvalue weighted by atomic mass is 10.2. The maximum Gasteiger partial charge on any atom is 0.312 e. The number of thiazole rings is 1. The Morgan fingerprint density at radius 2 is 2.17 bits per heavy atom. The Balaban J connectivity index is 1.83. The Kier molecular flexibility index (Phi) is 6.30. The van der Waals surface area contributed by atoms with Crippen LogP contribution in [0.25, 0.3) is 0 Å². The molecular formula is C16H23N3O4S. The zero-order valence-corrected chi connectivity index (χ0v) is 15.0. The lowest BCUT2D eigenvalue weighted by molar-refractivity contribution is -0.154. The summed E-state index contributed by atoms with van der Waals surface area (Å²) in [6, 6.07) is 0. The van der Waals surface area contributed by atoms with Gasteiger partial charge in [-0.1, -0.05) is 13.8 Å². The molecule has 2 heterocycles. The predicted molar refractivity (Wildman–Crippen MR) is 90.8 cm³/mol. The lowest BCUT2D eigenvalue weighted by Crippen LogP contribution is -2.37. The molecule has 2 rings (SSSR count). The second-order valence-electron chi connectivity index (χ2n) is 6.22. The number of carbonyl (C=O) groups is 3. The molecule has 1 aliphatic rings. The van der Waals surface area contributed by atoms with E-state index in [9.17, 15) is 14.4 Å². The molecule has 1 aromatic heterocycles. The maximum absolute atomic E-state index is 11.9. The van der Waals surface area contributed by atoms with Crippen molar-refractivity contribution in [2.75, 3.05) is 18.0 Å². The van der Waals surface area contributed by atoms with E-state index < -0.39 is 12.1 Å². The van der Waals surface area contributed by atoms with Crippen molar-refractivity contribution in [3.63, 3.8) is 0 Å². The van der Waals surface area contributed by atoms with E-state index in [0.29, 0.717) is 36.3 Å². The summed E-state index contributed by atoms with van der Waals surface area (Å²) < 4.78 is 5.14. The first-order valence-electron chi connectivity index (χ1n) is 8.08. The highest BCUT2D eigenvalue weighted by Crippen LogP contribution is 2.25. The van der Waals surface area contributed by atoms with Crippen LogP contribution in [-0.4, -0.2) is 42.0 Å². The van der Waals surface area contributed by atoms with Crippen molar-refractivity contribution in [3.05, 3.63) is 11.1 Å². The Morgan fingerprint density at radius 1 is 1.42 bits per heavy atom. The van der Waals surface area contributed by atoms with E-state index in [1.54, 1.807) is 17.2 Å². The third kappa shape index (κ3) is 5.02. The van der Waals surface area contributed by atoms with Gasteiger partial charge in [-0.15, -0.1) is 11.3 Å². The number of ether oxygens (including phenoxy) is 1. The molecule has 1 saturated heterocycles. The molecule has 0 aliphatic carbocycles. The van der Waals surface area contributed by atoms with Gasteiger partial charge in [-0.3, -0.25) is 19.3 Å². The van der Waals surface area contributed by atoms with Crippen molar-refractivity contribution in [2.24, 2.45) is 5.92 Å². The minimum atomic E-state index is -0.838. The van der Waals surface area contributed by atoms with Gasteiger partial charge in [0.25, 0.3) is 5.91 Å². The molecule has 1 unspecified atom stereocenters. The zero-order chi connectivity index (χ0) is 17.7. The number of hydrogen-bond acceptors (Lipinski definition) is 6. The molecule has 8 heteroatoms. The van der Waals surface area contributed by atoms with E-state index in [2.05, 4.69) is 10.3 Å². The van der Waals surface area contributed by atoms with Gasteiger partial charge in [0.1, 0.15) is 0 Å². The minimum Gasteiger partial charge on any atom is -0.452 e. The summed E-state index contributed by atoms with van der Waals surface area (Å²) in [7, 11) is 0. The molecule has 1 aliphatic heterocycles. The van der Waals surface area contributed by atoms with Crippen molar-refractivity contribution < 1.29 is 19.1 Å². The Morgan fingerprint density at radius 3 is 2.79 bits per heavy atom. The third-order valence-corrected chi connectivity index (χ3v) is 4.44. The van der Waals surface area contributed by atoms with E-state index in [-0.39, 0.29) is 18.2 Å². The van der Waals surface area contributed by atoms with Gasteiger partial charge in [0, 0.05) is 24.9 Å². The molecule has 24 heavy (non-hydrogen) atoms. The van der Waals surface area contributed by atoms with Crippen molar-refractivity contribution in [1.29, 1.82) is 0 Å². The first kappa shape index (κ1) is 18.4. The number of aromatic nitrogens is 1. The van der Waals surface area contributed by atoms with Gasteiger partial charge in [0.15, 0.2) is 11.2 Å². The fourth-order valence-corrected chi connectivity index (χ4v) is 3.11. The first-order valence-corrected chi connectivity index (χ1v) is 8.96. The first-order chi connectivity index (χ1) is 11.4. The van der Waals surface area contributed by atoms with Crippen LogP contribution in [0, 0.1) is 5.92 Å². The van der Waals surface area contributed by atoms with Gasteiger partial charge >= 0.3 is 5.97 Å². The second kappa shape index (κ2) is 8.23. The summed E-state index contributed by atoms with van der Waals surface area (Å²) in [6.07, 6.45) is 0.522. The molecule has 0 bridgehead atoms. The number of nitrogens with one attached hydrogen (secondary N) is 1. The van der Waals surface area contributed by atoms with Crippen molar-refractivity contribution in [3.8, 4) is 0 Å². The highest BCUT2D eigenvalue weighted by molar-refractivity contribution is 7.14. The van der Waals surface area contributed by atoms with Crippen LogP contribution in [0.5, 0.6) is 0 Å². The van der Waals surface area contributed by atoms with Crippen LogP contribution >= 0.6 is 11.3 Å². The molecule has 1 aromatic rings. The number of rotatable bonds is 7. The SMILES string of the molecule is CC(C)CNC(=O)C(C)OC(=O)Cc1csc(N2CCCC2=O)n1. The van der Waals surface area contributed by atoms with E-state index in [0.717, 1.165) is 6.42 Å². The number of hydrogen-bond donors (Lipinski definition) is 1. The van der Waals surface area contributed by atoms with Crippen LogP contribution in [0.4, 0.5) is 5.13 Å². The van der Waals surface area contributed by atoms with E-state index in [1.165, 1.54) is 11.3 Å². The van der Waals surface area contributed by atoms with Crippen molar-refractivity contribution in [1.82, 2.24) is 10.3 Å². The standard InChI is InChI=1S/C16H23N3O4S/c1-10(2)8-17-15(22)11(3)23-14(21)7-12-9-24-16(18-12)19-6-4-5-13(19)20/h9-11H,4-8H2,1-3H3,(H,17,22). The molecule has 132 valence electrons. The summed E-state index contributed by atoms with van der Waals surface area (Å²) in [6.45, 7) is 6.73. The van der Waals surface area contributed by atoms with Crippen molar-refractivity contribution >= 4 is 34.3 Å². The van der Waals surface area contributed by atoms with Gasteiger partial charge < -0.3 is 10.1 Å². The fraction of sp³-hybridized carbons (Fsp3) is 0.625. The fourth-order valence-electron chi connectivity index (χ4n) is 2.24. The lowest BCUT2D eigenvalue weighted by Gasteiger charge is -2.14. The normalized spacial score (nSPS) is 15.7. The van der Waals surface area contributed by atoms with E-state index >= 15 is 0 Å². The summed E-state index contributed by atoms with van der Waals surface area (Å²) in [4.78, 5) is 41.4. The molecule has 0 saturated carbocycles. The second-order valence-corrected chi connectivity index (χ2v) is 7.05. The number of carbonyl (C=O) groups excluding carboxylic acids is 3. The number of amides is 2. The predicted octanol–water partition coefficient (Wildman–Crippen LogP) is 1.52. The van der Waals surface area contributed by atoms with Gasteiger partial charge in [0.2, 0.25) is 5.91 Å². The smallest absolute Gasteiger partial charge is 0.312 e. The van der Waals surface area contributed by atoms with Crippen LogP contribution in [0.15, 0.2) is 5.38 Å². The van der Waals surface area contributed by atoms with Crippen LogP contribution in [0.3, 0.4) is 0 Å². The highest BCUT2D eigenvalue weighted by Gasteiger charge is 2.25. The molecule has 2 amide bonds. The number of anilines is 1. The van der Waals surface area contributed by atoms with Crippen LogP contribution in [0.1, 0.15) is 39.3 Å². The molecule has 1 fully saturated rings. The maximum atomic E-state index is 11.9. The molecule has 1 N–H and O–H groups in total. The van der Waals surface area contributed by atoms with E-state index in [4.69, 9.17) is 4.74 Å². The summed E-state index contributed by atoms with van der Waals surface area (Å²) >= 11 is 1.34.